The topological polar surface area (TPSA) is 101 Å². The molecule has 0 atom stereocenters. The van der Waals surface area contributed by atoms with Crippen molar-refractivity contribution in [2.45, 2.75) is 46.5 Å². The van der Waals surface area contributed by atoms with E-state index in [4.69, 9.17) is 25.5 Å². The molecular formula is C12H32O5. The van der Waals surface area contributed by atoms with E-state index in [2.05, 4.69) is 0 Å². The molecular weight excluding hydrogens is 224 g/mol. The predicted molar refractivity (Wildman–Crippen MR) is 70.9 cm³/mol. The molecule has 0 saturated carbocycles. The van der Waals surface area contributed by atoms with Crippen LogP contribution in [0, 0.1) is 0 Å². The monoisotopic (exact) mass is 256 g/mol. The molecule has 0 aromatic heterocycles. The third-order valence-corrected chi connectivity index (χ3v) is 1.07. The van der Waals surface area contributed by atoms with Gasteiger partial charge in [-0.15, -0.1) is 0 Å². The maximum atomic E-state index is 8.30. The van der Waals surface area contributed by atoms with Crippen LogP contribution in [0.2, 0.25) is 0 Å². The zero-order valence-corrected chi connectivity index (χ0v) is 11.6. The summed E-state index contributed by atoms with van der Waals surface area (Å²) >= 11 is 0. The van der Waals surface area contributed by atoms with Gasteiger partial charge < -0.3 is 25.5 Å². The first-order chi connectivity index (χ1) is 8.16. The van der Waals surface area contributed by atoms with Crippen LogP contribution in [0.4, 0.5) is 0 Å². The van der Waals surface area contributed by atoms with Crippen molar-refractivity contribution in [3.05, 3.63) is 0 Å². The van der Waals surface area contributed by atoms with Gasteiger partial charge in [0.25, 0.3) is 0 Å². The molecule has 5 heteroatoms. The summed E-state index contributed by atoms with van der Waals surface area (Å²) in [7, 11) is 0. The molecule has 0 spiro atoms. The van der Waals surface area contributed by atoms with Gasteiger partial charge >= 0.3 is 0 Å². The molecule has 5 N–H and O–H groups in total. The molecule has 0 unspecified atom stereocenters. The van der Waals surface area contributed by atoms with Crippen LogP contribution in [0.25, 0.3) is 0 Å². The van der Waals surface area contributed by atoms with Crippen molar-refractivity contribution in [3.63, 3.8) is 0 Å². The van der Waals surface area contributed by atoms with Gasteiger partial charge in [-0.1, -0.05) is 12.8 Å². The average molecular weight is 256 g/mol. The highest BCUT2D eigenvalue weighted by atomic mass is 16.3. The Kier molecular flexibility index (Phi) is 67.3. The van der Waals surface area contributed by atoms with E-state index in [1.165, 1.54) is 0 Å². The highest BCUT2D eigenvalue weighted by Crippen LogP contribution is 1.96. The average Bonchev–Trinajstić information content (AvgIpc) is 2.28. The van der Waals surface area contributed by atoms with Gasteiger partial charge in [-0.25, -0.2) is 0 Å². The molecule has 17 heavy (non-hydrogen) atoms. The van der Waals surface area contributed by atoms with Crippen LogP contribution >= 0.6 is 0 Å². The van der Waals surface area contributed by atoms with E-state index in [0.29, 0.717) is 0 Å². The highest BCUT2D eigenvalue weighted by Gasteiger charge is 1.84. The first-order valence-electron chi connectivity index (χ1n) is 6.20. The zero-order chi connectivity index (χ0) is 14.4. The molecule has 110 valence electrons. The van der Waals surface area contributed by atoms with Gasteiger partial charge in [0, 0.05) is 33.0 Å². The van der Waals surface area contributed by atoms with Crippen LogP contribution in [0.15, 0.2) is 0 Å². The highest BCUT2D eigenvalue weighted by molar-refractivity contribution is 4.39. The Hall–Kier alpha value is -0.200. The normalized spacial score (nSPS) is 7.76. The second-order valence-corrected chi connectivity index (χ2v) is 2.81. The van der Waals surface area contributed by atoms with Gasteiger partial charge in [0.2, 0.25) is 0 Å². The minimum atomic E-state index is 0.250. The molecule has 0 aromatic rings. The lowest BCUT2D eigenvalue weighted by atomic mass is 10.2. The van der Waals surface area contributed by atoms with E-state index in [9.17, 15) is 0 Å². The second-order valence-electron chi connectivity index (χ2n) is 2.81. The Labute approximate surface area is 106 Å². The quantitative estimate of drug-likeness (QED) is 0.462. The molecule has 0 bridgehead atoms. The van der Waals surface area contributed by atoms with E-state index in [1.54, 1.807) is 20.8 Å². The first-order valence-corrected chi connectivity index (χ1v) is 6.20. The molecule has 0 aliphatic heterocycles. The van der Waals surface area contributed by atoms with Crippen molar-refractivity contribution < 1.29 is 25.5 Å². The van der Waals surface area contributed by atoms with Crippen LogP contribution in [0.1, 0.15) is 46.5 Å². The zero-order valence-electron chi connectivity index (χ0n) is 11.6. The van der Waals surface area contributed by atoms with Gasteiger partial charge in [-0.05, 0) is 33.6 Å². The molecule has 5 nitrogen and oxygen atoms in total. The lowest BCUT2D eigenvalue weighted by molar-refractivity contribution is 0.265. The number of hydrogen-bond donors (Lipinski definition) is 5. The van der Waals surface area contributed by atoms with Crippen molar-refractivity contribution >= 4 is 0 Å². The third kappa shape index (κ3) is 131. The fourth-order valence-electron chi connectivity index (χ4n) is 0.577. The Bertz CT molecular complexity index is 61.2. The van der Waals surface area contributed by atoms with Gasteiger partial charge in [0.15, 0.2) is 0 Å². The molecule has 0 aliphatic carbocycles. The van der Waals surface area contributed by atoms with Crippen LogP contribution in [0.3, 0.4) is 0 Å². The molecule has 0 saturated heterocycles. The molecule has 0 fully saturated rings. The Morgan fingerprint density at radius 2 is 0.647 bits per heavy atom. The Morgan fingerprint density at radius 3 is 0.765 bits per heavy atom. The smallest absolute Gasteiger partial charge is 0.0431 e. The van der Waals surface area contributed by atoms with Crippen molar-refractivity contribution in [1.29, 1.82) is 0 Å². The van der Waals surface area contributed by atoms with Gasteiger partial charge in [-0.3, -0.25) is 0 Å². The Morgan fingerprint density at radius 1 is 0.471 bits per heavy atom. The van der Waals surface area contributed by atoms with Gasteiger partial charge in [0.1, 0.15) is 0 Å². The van der Waals surface area contributed by atoms with Crippen molar-refractivity contribution in [3.8, 4) is 0 Å². The number of unbranched alkanes of at least 4 members (excludes halogenated alkanes) is 3. The van der Waals surface area contributed by atoms with Crippen molar-refractivity contribution in [1.82, 2.24) is 0 Å². The lowest BCUT2D eigenvalue weighted by Crippen LogP contribution is -1.85. The largest absolute Gasteiger partial charge is 0.397 e. The van der Waals surface area contributed by atoms with E-state index in [1.807, 2.05) is 0 Å². The van der Waals surface area contributed by atoms with Crippen molar-refractivity contribution in [2.24, 2.45) is 0 Å². The van der Waals surface area contributed by atoms with E-state index >= 15 is 0 Å². The fraction of sp³-hybridized carbons (Fsp3) is 1.00. The van der Waals surface area contributed by atoms with Crippen molar-refractivity contribution in [2.75, 3.05) is 33.0 Å². The summed E-state index contributed by atoms with van der Waals surface area (Å²) in [6, 6.07) is 0. The minimum absolute atomic E-state index is 0.250. The predicted octanol–water partition coefficient (Wildman–Crippen LogP) is 0.527. The molecule has 0 rings (SSSR count). The lowest BCUT2D eigenvalue weighted by Gasteiger charge is -1.93. The molecule has 0 aliphatic rings. The van der Waals surface area contributed by atoms with Crippen LogP contribution in [-0.2, 0) is 0 Å². The summed E-state index contributed by atoms with van der Waals surface area (Å²) < 4.78 is 0. The first kappa shape index (κ1) is 25.6. The third-order valence-electron chi connectivity index (χ3n) is 1.07. The van der Waals surface area contributed by atoms with Crippen LogP contribution < -0.4 is 0 Å². The number of rotatable bonds is 5. The van der Waals surface area contributed by atoms with Gasteiger partial charge in [-0.2, -0.15) is 0 Å². The summed E-state index contributed by atoms with van der Waals surface area (Å²) in [6.07, 6.45) is 3.83. The maximum Gasteiger partial charge on any atom is 0.0431 e. The van der Waals surface area contributed by atoms with Crippen LogP contribution in [-0.4, -0.2) is 58.6 Å². The standard InChI is InChI=1S/C6H14O2.3C2H6O/c7-5-3-1-2-4-6-8;3*1-2-3/h7-8H,1-6H2;3*3H,2H2,1H3. The molecule has 0 heterocycles. The maximum absolute atomic E-state index is 8.30. The summed E-state index contributed by atoms with van der Waals surface area (Å²) in [6.45, 7) is 6.36. The molecule has 0 amide bonds. The molecule has 0 radical (unpaired) electrons. The summed E-state index contributed by atoms with van der Waals surface area (Å²) in [4.78, 5) is 0. The van der Waals surface area contributed by atoms with E-state index in [-0.39, 0.29) is 33.0 Å². The molecule has 0 aromatic carbocycles. The summed E-state index contributed by atoms with van der Waals surface area (Å²) in [5.41, 5.74) is 0. The number of aliphatic hydroxyl groups is 5. The minimum Gasteiger partial charge on any atom is -0.397 e. The number of hydrogen-bond acceptors (Lipinski definition) is 5. The van der Waals surface area contributed by atoms with E-state index in [0.717, 1.165) is 25.7 Å². The summed E-state index contributed by atoms with van der Waals surface area (Å²) in [5, 5.41) is 39.3. The SMILES string of the molecule is CCO.CCO.CCO.OCCCCCCO. The van der Waals surface area contributed by atoms with E-state index < -0.39 is 0 Å². The van der Waals surface area contributed by atoms with Crippen LogP contribution in [0.5, 0.6) is 0 Å². The fourth-order valence-corrected chi connectivity index (χ4v) is 0.577. The second kappa shape index (κ2) is 44.7. The number of aliphatic hydroxyl groups excluding tert-OH is 5. The summed E-state index contributed by atoms with van der Waals surface area (Å²) in [5.74, 6) is 0. The Balaban J connectivity index is -0.0000000784. The van der Waals surface area contributed by atoms with Gasteiger partial charge in [0.05, 0.1) is 0 Å².